The molecule has 1 amide bonds. The van der Waals surface area contributed by atoms with Gasteiger partial charge in [0.05, 0.1) is 27.7 Å². The van der Waals surface area contributed by atoms with Gasteiger partial charge in [-0.25, -0.2) is 4.68 Å². The Kier molecular flexibility index (Phi) is 5.46. The number of anilines is 1. The number of halogens is 1. The highest BCUT2D eigenvalue weighted by Crippen LogP contribution is 2.28. The first-order valence-electron chi connectivity index (χ1n) is 7.84. The normalized spacial score (nSPS) is 10.7. The molecule has 1 aromatic heterocycles. The number of carbonyl (C=O) groups is 1. The number of para-hydroxylation sites is 1. The first kappa shape index (κ1) is 17.6. The highest BCUT2D eigenvalue weighted by molar-refractivity contribution is 8.00. The van der Waals surface area contributed by atoms with Crippen molar-refractivity contribution >= 4 is 35.0 Å². The summed E-state index contributed by atoms with van der Waals surface area (Å²) in [7, 11) is 0. The van der Waals surface area contributed by atoms with Crippen LogP contribution in [0.15, 0.2) is 59.5 Å². The lowest BCUT2D eigenvalue weighted by atomic mass is 10.3. The first-order valence-corrected chi connectivity index (χ1v) is 9.21. The van der Waals surface area contributed by atoms with E-state index in [0.29, 0.717) is 16.5 Å². The van der Waals surface area contributed by atoms with Crippen LogP contribution in [0.4, 0.5) is 5.69 Å². The molecule has 0 saturated heterocycles. The number of hydrogen-bond donors (Lipinski definition) is 1. The highest BCUT2D eigenvalue weighted by atomic mass is 35.5. The molecule has 0 radical (unpaired) electrons. The van der Waals surface area contributed by atoms with Crippen LogP contribution in [0.25, 0.3) is 5.69 Å². The van der Waals surface area contributed by atoms with Gasteiger partial charge >= 0.3 is 0 Å². The summed E-state index contributed by atoms with van der Waals surface area (Å²) in [6.45, 7) is 3.98. The highest BCUT2D eigenvalue weighted by Gasteiger charge is 2.15. The molecule has 0 aliphatic heterocycles. The quantitative estimate of drug-likeness (QED) is 0.650. The van der Waals surface area contributed by atoms with Gasteiger partial charge < -0.3 is 5.32 Å². The van der Waals surface area contributed by atoms with Gasteiger partial charge in [0.15, 0.2) is 0 Å². The van der Waals surface area contributed by atoms with Gasteiger partial charge in [0.25, 0.3) is 0 Å². The monoisotopic (exact) mass is 371 g/mol. The van der Waals surface area contributed by atoms with E-state index in [-0.39, 0.29) is 5.91 Å². The molecular formula is C19H18ClN3OS. The lowest BCUT2D eigenvalue weighted by Gasteiger charge is -2.07. The van der Waals surface area contributed by atoms with Crippen molar-refractivity contribution in [1.29, 1.82) is 0 Å². The van der Waals surface area contributed by atoms with Crippen LogP contribution in [0.1, 0.15) is 11.4 Å². The van der Waals surface area contributed by atoms with Crippen molar-refractivity contribution < 1.29 is 4.79 Å². The topological polar surface area (TPSA) is 46.9 Å². The number of aromatic nitrogens is 2. The summed E-state index contributed by atoms with van der Waals surface area (Å²) in [5.41, 5.74) is 3.66. The summed E-state index contributed by atoms with van der Waals surface area (Å²) in [6.07, 6.45) is 0. The molecule has 128 valence electrons. The Morgan fingerprint density at radius 3 is 2.64 bits per heavy atom. The summed E-state index contributed by atoms with van der Waals surface area (Å²) in [5.74, 6) is 0.243. The van der Waals surface area contributed by atoms with E-state index in [2.05, 4.69) is 10.4 Å². The zero-order chi connectivity index (χ0) is 17.8. The molecule has 3 aromatic rings. The van der Waals surface area contributed by atoms with Gasteiger partial charge in [-0.3, -0.25) is 4.79 Å². The van der Waals surface area contributed by atoms with E-state index in [1.165, 1.54) is 11.8 Å². The van der Waals surface area contributed by atoms with Crippen molar-refractivity contribution in [2.45, 2.75) is 18.7 Å². The zero-order valence-corrected chi connectivity index (χ0v) is 15.6. The maximum Gasteiger partial charge on any atom is 0.234 e. The van der Waals surface area contributed by atoms with Crippen LogP contribution in [-0.2, 0) is 4.79 Å². The van der Waals surface area contributed by atoms with Gasteiger partial charge in [-0.2, -0.15) is 5.10 Å². The van der Waals surface area contributed by atoms with Gasteiger partial charge in [-0.1, -0.05) is 35.9 Å². The third kappa shape index (κ3) is 4.24. The van der Waals surface area contributed by atoms with Gasteiger partial charge in [0.1, 0.15) is 0 Å². The standard InChI is InChI=1S/C19H18ClN3OS/c1-13-19(14(2)23(22-13)17-9-4-3-5-10-17)25-12-18(24)21-16-8-6-7-15(20)11-16/h3-11H,12H2,1-2H3,(H,21,24). The number of thioether (sulfide) groups is 1. The molecule has 6 heteroatoms. The van der Waals surface area contributed by atoms with E-state index in [1.807, 2.05) is 61.0 Å². The number of nitrogens with one attached hydrogen (secondary N) is 1. The Bertz CT molecular complexity index is 893. The number of amides is 1. The lowest BCUT2D eigenvalue weighted by molar-refractivity contribution is -0.113. The van der Waals surface area contributed by atoms with Crippen molar-refractivity contribution in [3.8, 4) is 5.69 Å². The smallest absolute Gasteiger partial charge is 0.234 e. The van der Waals surface area contributed by atoms with E-state index in [4.69, 9.17) is 11.6 Å². The molecule has 0 unspecified atom stereocenters. The SMILES string of the molecule is Cc1nn(-c2ccccc2)c(C)c1SCC(=O)Nc1cccc(Cl)c1. The molecule has 25 heavy (non-hydrogen) atoms. The molecule has 1 N–H and O–H groups in total. The summed E-state index contributed by atoms with van der Waals surface area (Å²) in [6, 6.07) is 17.1. The van der Waals surface area contributed by atoms with Crippen molar-refractivity contribution in [2.75, 3.05) is 11.1 Å². The van der Waals surface area contributed by atoms with Crippen molar-refractivity contribution in [3.63, 3.8) is 0 Å². The van der Waals surface area contributed by atoms with Crippen LogP contribution in [0.2, 0.25) is 5.02 Å². The summed E-state index contributed by atoms with van der Waals surface area (Å²) in [4.78, 5) is 13.2. The molecule has 2 aromatic carbocycles. The Labute approximate surface area is 156 Å². The molecule has 0 spiro atoms. The third-order valence-corrected chi connectivity index (χ3v) is 5.20. The van der Waals surface area contributed by atoms with E-state index in [9.17, 15) is 4.79 Å². The van der Waals surface area contributed by atoms with Crippen LogP contribution in [-0.4, -0.2) is 21.4 Å². The average Bonchev–Trinajstić information content (AvgIpc) is 2.88. The van der Waals surface area contributed by atoms with E-state index < -0.39 is 0 Å². The minimum absolute atomic E-state index is 0.0708. The van der Waals surface area contributed by atoms with Crippen molar-refractivity contribution in [3.05, 3.63) is 71.0 Å². The molecule has 0 saturated carbocycles. The number of aryl methyl sites for hydroxylation is 1. The Hall–Kier alpha value is -2.24. The fourth-order valence-corrected chi connectivity index (χ4v) is 3.64. The number of carbonyl (C=O) groups excluding carboxylic acids is 1. The minimum Gasteiger partial charge on any atom is -0.325 e. The fourth-order valence-electron chi connectivity index (χ4n) is 2.56. The Morgan fingerprint density at radius 2 is 1.92 bits per heavy atom. The summed E-state index contributed by atoms with van der Waals surface area (Å²) in [5, 5.41) is 8.06. The summed E-state index contributed by atoms with van der Waals surface area (Å²) >= 11 is 7.43. The Morgan fingerprint density at radius 1 is 1.16 bits per heavy atom. The molecule has 4 nitrogen and oxygen atoms in total. The Balaban J connectivity index is 1.69. The molecule has 0 bridgehead atoms. The number of benzene rings is 2. The van der Waals surface area contributed by atoms with Crippen molar-refractivity contribution in [1.82, 2.24) is 9.78 Å². The van der Waals surface area contributed by atoms with E-state index in [0.717, 1.165) is 22.0 Å². The second-order valence-electron chi connectivity index (χ2n) is 5.59. The summed E-state index contributed by atoms with van der Waals surface area (Å²) < 4.78 is 1.91. The molecular weight excluding hydrogens is 354 g/mol. The molecule has 3 rings (SSSR count). The predicted molar refractivity (Wildman–Crippen MR) is 104 cm³/mol. The third-order valence-electron chi connectivity index (χ3n) is 3.68. The maximum absolute atomic E-state index is 12.2. The van der Waals surface area contributed by atoms with Gasteiger partial charge in [0, 0.05) is 10.7 Å². The second-order valence-corrected chi connectivity index (χ2v) is 7.02. The van der Waals surface area contributed by atoms with E-state index >= 15 is 0 Å². The molecule has 0 aliphatic rings. The van der Waals surface area contributed by atoms with Crippen LogP contribution in [0, 0.1) is 13.8 Å². The number of rotatable bonds is 5. The van der Waals surface area contributed by atoms with Crippen LogP contribution < -0.4 is 5.32 Å². The average molecular weight is 372 g/mol. The minimum atomic E-state index is -0.0708. The molecule has 0 atom stereocenters. The van der Waals surface area contributed by atoms with E-state index in [1.54, 1.807) is 12.1 Å². The second kappa shape index (κ2) is 7.76. The predicted octanol–water partition coefficient (Wildman–Crippen LogP) is 4.87. The zero-order valence-electron chi connectivity index (χ0n) is 14.0. The van der Waals surface area contributed by atoms with Gasteiger partial charge in [-0.15, -0.1) is 11.8 Å². The van der Waals surface area contributed by atoms with Crippen molar-refractivity contribution in [2.24, 2.45) is 0 Å². The lowest BCUT2D eigenvalue weighted by Crippen LogP contribution is -2.14. The number of hydrogen-bond acceptors (Lipinski definition) is 3. The van der Waals surface area contributed by atoms with Crippen LogP contribution >= 0.6 is 23.4 Å². The molecule has 1 heterocycles. The fraction of sp³-hybridized carbons (Fsp3) is 0.158. The molecule has 0 aliphatic carbocycles. The molecule has 0 fully saturated rings. The maximum atomic E-state index is 12.2. The van der Waals surface area contributed by atoms with Gasteiger partial charge in [-0.05, 0) is 44.2 Å². The van der Waals surface area contributed by atoms with Crippen LogP contribution in [0.3, 0.4) is 0 Å². The largest absolute Gasteiger partial charge is 0.325 e. The first-order chi connectivity index (χ1) is 12.0. The van der Waals surface area contributed by atoms with Crippen LogP contribution in [0.5, 0.6) is 0 Å². The van der Waals surface area contributed by atoms with Gasteiger partial charge in [0.2, 0.25) is 5.91 Å². The number of nitrogens with zero attached hydrogens (tertiary/aromatic N) is 2.